The molecule has 4 heteroatoms. The summed E-state index contributed by atoms with van der Waals surface area (Å²) in [6.45, 7) is 3.38. The Morgan fingerprint density at radius 1 is 1.56 bits per heavy atom. The summed E-state index contributed by atoms with van der Waals surface area (Å²) in [5.74, 6) is -1.18. The molecule has 0 amide bonds. The van der Waals surface area contributed by atoms with Crippen molar-refractivity contribution in [1.29, 1.82) is 0 Å². The van der Waals surface area contributed by atoms with Crippen LogP contribution in [0.3, 0.4) is 0 Å². The first-order valence-corrected chi connectivity index (χ1v) is 6.28. The van der Waals surface area contributed by atoms with Gasteiger partial charge in [0.2, 0.25) is 0 Å². The van der Waals surface area contributed by atoms with Crippen LogP contribution in [-0.2, 0) is 11.2 Å². The molecule has 98 valence electrons. The standard InChI is InChI=1S/C14H18FNO2/c1-10(8-11-4-2-3-5-13(11)15)16-7-6-12(9-16)14(17)18/h2-5,10,12H,6-9H2,1H3,(H,17,18). The fourth-order valence-electron chi connectivity index (χ4n) is 2.50. The molecule has 3 nitrogen and oxygen atoms in total. The Labute approximate surface area is 106 Å². The minimum atomic E-state index is -0.726. The van der Waals surface area contributed by atoms with Gasteiger partial charge in [-0.1, -0.05) is 18.2 Å². The third kappa shape index (κ3) is 2.88. The number of hydrogen-bond donors (Lipinski definition) is 1. The monoisotopic (exact) mass is 251 g/mol. The van der Waals surface area contributed by atoms with Crippen LogP contribution in [0.4, 0.5) is 4.39 Å². The van der Waals surface area contributed by atoms with E-state index >= 15 is 0 Å². The van der Waals surface area contributed by atoms with Gasteiger partial charge in [-0.2, -0.15) is 0 Å². The fourth-order valence-corrected chi connectivity index (χ4v) is 2.50. The van der Waals surface area contributed by atoms with Crippen LogP contribution in [0, 0.1) is 11.7 Å². The summed E-state index contributed by atoms with van der Waals surface area (Å²) < 4.78 is 13.5. The van der Waals surface area contributed by atoms with Crippen LogP contribution in [0.5, 0.6) is 0 Å². The molecule has 0 aromatic heterocycles. The molecule has 0 aliphatic carbocycles. The molecular formula is C14H18FNO2. The molecular weight excluding hydrogens is 233 g/mol. The van der Waals surface area contributed by atoms with E-state index in [1.54, 1.807) is 12.1 Å². The third-order valence-corrected chi connectivity index (χ3v) is 3.67. The van der Waals surface area contributed by atoms with Crippen molar-refractivity contribution in [3.8, 4) is 0 Å². The summed E-state index contributed by atoms with van der Waals surface area (Å²) in [5, 5.41) is 8.96. The van der Waals surface area contributed by atoms with E-state index in [1.165, 1.54) is 6.07 Å². The Kier molecular flexibility index (Phi) is 3.97. The molecule has 0 radical (unpaired) electrons. The van der Waals surface area contributed by atoms with Gasteiger partial charge in [0.1, 0.15) is 5.82 Å². The van der Waals surface area contributed by atoms with Gasteiger partial charge >= 0.3 is 5.97 Å². The van der Waals surface area contributed by atoms with E-state index in [1.807, 2.05) is 13.0 Å². The highest BCUT2D eigenvalue weighted by molar-refractivity contribution is 5.70. The Hall–Kier alpha value is -1.42. The first-order chi connectivity index (χ1) is 8.58. The lowest BCUT2D eigenvalue weighted by molar-refractivity contribution is -0.141. The third-order valence-electron chi connectivity index (χ3n) is 3.67. The molecule has 1 aliphatic heterocycles. The molecule has 1 N–H and O–H groups in total. The van der Waals surface area contributed by atoms with Gasteiger partial charge in [-0.05, 0) is 37.9 Å². The second kappa shape index (κ2) is 5.48. The van der Waals surface area contributed by atoms with Gasteiger partial charge in [0.25, 0.3) is 0 Å². The smallest absolute Gasteiger partial charge is 0.307 e. The predicted octanol–water partition coefficient (Wildman–Crippen LogP) is 2.16. The van der Waals surface area contributed by atoms with Crippen molar-refractivity contribution in [3.63, 3.8) is 0 Å². The zero-order chi connectivity index (χ0) is 13.1. The zero-order valence-electron chi connectivity index (χ0n) is 10.5. The number of carboxylic acids is 1. The average molecular weight is 251 g/mol. The van der Waals surface area contributed by atoms with Gasteiger partial charge in [-0.3, -0.25) is 9.69 Å². The minimum Gasteiger partial charge on any atom is -0.481 e. The van der Waals surface area contributed by atoms with E-state index < -0.39 is 5.97 Å². The second-order valence-electron chi connectivity index (χ2n) is 4.96. The molecule has 0 saturated carbocycles. The normalized spacial score (nSPS) is 22.0. The van der Waals surface area contributed by atoms with Crippen molar-refractivity contribution < 1.29 is 14.3 Å². The second-order valence-corrected chi connectivity index (χ2v) is 4.96. The van der Waals surface area contributed by atoms with Crippen LogP contribution in [0.15, 0.2) is 24.3 Å². The number of benzene rings is 1. The summed E-state index contributed by atoms with van der Waals surface area (Å²) in [4.78, 5) is 13.0. The highest BCUT2D eigenvalue weighted by Gasteiger charge is 2.30. The van der Waals surface area contributed by atoms with Gasteiger partial charge in [0.15, 0.2) is 0 Å². The lowest BCUT2D eigenvalue weighted by Gasteiger charge is -2.24. The maximum absolute atomic E-state index is 13.5. The molecule has 1 heterocycles. The number of halogens is 1. The number of rotatable bonds is 4. The Bertz CT molecular complexity index is 436. The first-order valence-electron chi connectivity index (χ1n) is 6.28. The molecule has 1 fully saturated rings. The van der Waals surface area contributed by atoms with E-state index in [4.69, 9.17) is 5.11 Å². The molecule has 2 atom stereocenters. The lowest BCUT2D eigenvalue weighted by Crippen LogP contribution is -2.33. The number of hydrogen-bond acceptors (Lipinski definition) is 2. The van der Waals surface area contributed by atoms with E-state index in [0.717, 1.165) is 6.54 Å². The number of carbonyl (C=O) groups is 1. The summed E-state index contributed by atoms with van der Waals surface area (Å²) >= 11 is 0. The van der Waals surface area contributed by atoms with Crippen molar-refractivity contribution in [1.82, 2.24) is 4.90 Å². The summed E-state index contributed by atoms with van der Waals surface area (Å²) in [6, 6.07) is 6.93. The van der Waals surface area contributed by atoms with Crippen molar-refractivity contribution in [3.05, 3.63) is 35.6 Å². The van der Waals surface area contributed by atoms with Crippen LogP contribution in [-0.4, -0.2) is 35.1 Å². The van der Waals surface area contributed by atoms with E-state index in [-0.39, 0.29) is 17.8 Å². The molecule has 0 bridgehead atoms. The average Bonchev–Trinajstić information content (AvgIpc) is 2.81. The molecule has 1 aliphatic rings. The SMILES string of the molecule is CC(Cc1ccccc1F)N1CCC(C(=O)O)C1. The van der Waals surface area contributed by atoms with Crippen molar-refractivity contribution in [2.45, 2.75) is 25.8 Å². The molecule has 2 rings (SSSR count). The Morgan fingerprint density at radius 2 is 2.28 bits per heavy atom. The minimum absolute atomic E-state index is 0.172. The Morgan fingerprint density at radius 3 is 2.89 bits per heavy atom. The van der Waals surface area contributed by atoms with Crippen LogP contribution < -0.4 is 0 Å². The fraction of sp³-hybridized carbons (Fsp3) is 0.500. The number of nitrogens with zero attached hydrogens (tertiary/aromatic N) is 1. The summed E-state index contributed by atoms with van der Waals surface area (Å²) in [5.41, 5.74) is 0.698. The highest BCUT2D eigenvalue weighted by atomic mass is 19.1. The molecule has 1 aromatic carbocycles. The van der Waals surface area contributed by atoms with Crippen LogP contribution in [0.1, 0.15) is 18.9 Å². The van der Waals surface area contributed by atoms with E-state index in [0.29, 0.717) is 24.9 Å². The predicted molar refractivity (Wildman–Crippen MR) is 66.9 cm³/mol. The van der Waals surface area contributed by atoms with Crippen molar-refractivity contribution in [2.24, 2.45) is 5.92 Å². The quantitative estimate of drug-likeness (QED) is 0.891. The van der Waals surface area contributed by atoms with Gasteiger partial charge in [-0.15, -0.1) is 0 Å². The number of aliphatic carboxylic acids is 1. The van der Waals surface area contributed by atoms with E-state index in [2.05, 4.69) is 4.90 Å². The number of carboxylic acid groups (broad SMARTS) is 1. The first kappa shape index (κ1) is 13.0. The molecule has 1 aromatic rings. The lowest BCUT2D eigenvalue weighted by atomic mass is 10.1. The molecule has 18 heavy (non-hydrogen) atoms. The van der Waals surface area contributed by atoms with Gasteiger partial charge < -0.3 is 5.11 Å². The molecule has 1 saturated heterocycles. The zero-order valence-corrected chi connectivity index (χ0v) is 10.5. The highest BCUT2D eigenvalue weighted by Crippen LogP contribution is 2.21. The summed E-state index contributed by atoms with van der Waals surface area (Å²) in [6.07, 6.45) is 1.32. The van der Waals surface area contributed by atoms with Crippen LogP contribution in [0.25, 0.3) is 0 Å². The van der Waals surface area contributed by atoms with E-state index in [9.17, 15) is 9.18 Å². The maximum atomic E-state index is 13.5. The Balaban J connectivity index is 1.95. The summed E-state index contributed by atoms with van der Waals surface area (Å²) in [7, 11) is 0. The van der Waals surface area contributed by atoms with Gasteiger partial charge in [-0.25, -0.2) is 4.39 Å². The van der Waals surface area contributed by atoms with Crippen LogP contribution >= 0.6 is 0 Å². The van der Waals surface area contributed by atoms with Crippen molar-refractivity contribution >= 4 is 5.97 Å². The largest absolute Gasteiger partial charge is 0.481 e. The number of likely N-dealkylation sites (tertiary alicyclic amines) is 1. The van der Waals surface area contributed by atoms with Crippen LogP contribution in [0.2, 0.25) is 0 Å². The van der Waals surface area contributed by atoms with Gasteiger partial charge in [0, 0.05) is 12.6 Å². The molecule has 0 spiro atoms. The van der Waals surface area contributed by atoms with Gasteiger partial charge in [0.05, 0.1) is 5.92 Å². The molecule has 2 unspecified atom stereocenters. The maximum Gasteiger partial charge on any atom is 0.307 e. The topological polar surface area (TPSA) is 40.5 Å². The van der Waals surface area contributed by atoms with Crippen molar-refractivity contribution in [2.75, 3.05) is 13.1 Å².